The van der Waals surface area contributed by atoms with Gasteiger partial charge in [0.25, 0.3) is 0 Å². The maximum Gasteiger partial charge on any atom is 0.248 e. The van der Waals surface area contributed by atoms with Crippen LogP contribution in [0.3, 0.4) is 0 Å². The lowest BCUT2D eigenvalue weighted by atomic mass is 9.81. The first-order chi connectivity index (χ1) is 12.0. The summed E-state index contributed by atoms with van der Waals surface area (Å²) in [6, 6.07) is 3.60. The third-order valence-corrected chi connectivity index (χ3v) is 5.47. The molecule has 1 fully saturated rings. The number of methoxy groups -OCH3 is 1. The van der Waals surface area contributed by atoms with Gasteiger partial charge in [0.1, 0.15) is 0 Å². The van der Waals surface area contributed by atoms with Crippen LogP contribution < -0.4 is 4.74 Å². The quantitative estimate of drug-likeness (QED) is 0.919. The molecule has 0 aromatic carbocycles. The molecule has 0 saturated heterocycles. The van der Waals surface area contributed by atoms with Gasteiger partial charge in [-0.3, -0.25) is 0 Å². The van der Waals surface area contributed by atoms with E-state index in [4.69, 9.17) is 4.74 Å². The van der Waals surface area contributed by atoms with Gasteiger partial charge in [-0.05, 0) is 24.8 Å². The Kier molecular flexibility index (Phi) is 3.98. The molecule has 134 valence electrons. The van der Waals surface area contributed by atoms with Gasteiger partial charge in [-0.1, -0.05) is 0 Å². The van der Waals surface area contributed by atoms with Crippen LogP contribution in [0, 0.1) is 5.92 Å². The van der Waals surface area contributed by atoms with Crippen molar-refractivity contribution < 1.29 is 18.6 Å². The molecule has 2 atom stereocenters. The summed E-state index contributed by atoms with van der Waals surface area (Å²) in [5.41, 5.74) is 2.78. The fraction of sp³-hybridized carbons (Fsp3) is 0.556. The number of ether oxygens (including phenoxy) is 1. The Morgan fingerprint density at radius 3 is 2.84 bits per heavy atom. The molecule has 2 unspecified atom stereocenters. The SMILES string of the molecule is COc1ccc2c(n1)C(CC(O)C1CCC(F)(F)CC1)n1cncc1-2. The van der Waals surface area contributed by atoms with Gasteiger partial charge in [0.2, 0.25) is 11.8 Å². The number of pyridine rings is 1. The van der Waals surface area contributed by atoms with Crippen LogP contribution in [-0.2, 0) is 0 Å². The van der Waals surface area contributed by atoms with Gasteiger partial charge in [0, 0.05) is 30.9 Å². The number of halogens is 2. The highest BCUT2D eigenvalue weighted by Crippen LogP contribution is 2.44. The predicted octanol–water partition coefficient (Wildman–Crippen LogP) is 3.43. The first-order valence-electron chi connectivity index (χ1n) is 8.61. The maximum atomic E-state index is 13.4. The standard InChI is InChI=1S/C18H21F2N3O2/c1-25-16-3-2-12-14-9-21-10-23(14)13(17(12)22-16)8-15(24)11-4-6-18(19,20)7-5-11/h2-3,9-11,13,15,24H,4-8H2,1H3. The molecule has 5 nitrogen and oxygen atoms in total. The first kappa shape index (κ1) is 16.4. The molecule has 3 heterocycles. The zero-order chi connectivity index (χ0) is 17.6. The summed E-state index contributed by atoms with van der Waals surface area (Å²) in [6.07, 6.45) is 3.74. The molecule has 0 spiro atoms. The highest BCUT2D eigenvalue weighted by molar-refractivity contribution is 5.67. The molecule has 1 aliphatic carbocycles. The number of hydrogen-bond acceptors (Lipinski definition) is 4. The molecular weight excluding hydrogens is 328 g/mol. The Hall–Kier alpha value is -2.02. The van der Waals surface area contributed by atoms with E-state index < -0.39 is 12.0 Å². The molecule has 7 heteroatoms. The zero-order valence-corrected chi connectivity index (χ0v) is 14.0. The second-order valence-electron chi connectivity index (χ2n) is 6.98. The second kappa shape index (κ2) is 6.05. The van der Waals surface area contributed by atoms with Crippen molar-refractivity contribution in [3.8, 4) is 17.1 Å². The first-order valence-corrected chi connectivity index (χ1v) is 8.61. The molecule has 4 rings (SSSR count). The molecule has 2 aromatic heterocycles. The third-order valence-electron chi connectivity index (χ3n) is 5.47. The van der Waals surface area contributed by atoms with E-state index in [1.807, 2.05) is 10.6 Å². The highest BCUT2D eigenvalue weighted by atomic mass is 19.3. The van der Waals surface area contributed by atoms with Crippen LogP contribution in [-0.4, -0.2) is 38.8 Å². The Morgan fingerprint density at radius 2 is 2.12 bits per heavy atom. The Bertz CT molecular complexity index is 767. The second-order valence-corrected chi connectivity index (χ2v) is 6.98. The molecule has 0 bridgehead atoms. The minimum absolute atomic E-state index is 0.0961. The molecular formula is C18H21F2N3O2. The van der Waals surface area contributed by atoms with Crippen LogP contribution >= 0.6 is 0 Å². The largest absolute Gasteiger partial charge is 0.481 e. The maximum absolute atomic E-state index is 13.4. The van der Waals surface area contributed by atoms with Crippen molar-refractivity contribution in [2.24, 2.45) is 5.92 Å². The number of aromatic nitrogens is 3. The minimum atomic E-state index is -2.58. The van der Waals surface area contributed by atoms with Crippen LogP contribution in [0.4, 0.5) is 8.78 Å². The lowest BCUT2D eigenvalue weighted by Crippen LogP contribution is -2.32. The van der Waals surface area contributed by atoms with Gasteiger partial charge in [-0.15, -0.1) is 0 Å². The number of aliphatic hydroxyl groups excluding tert-OH is 1. The minimum Gasteiger partial charge on any atom is -0.481 e. The van der Waals surface area contributed by atoms with Crippen molar-refractivity contribution in [3.63, 3.8) is 0 Å². The van der Waals surface area contributed by atoms with E-state index in [0.29, 0.717) is 25.1 Å². The van der Waals surface area contributed by atoms with Crippen molar-refractivity contribution in [2.45, 2.75) is 50.2 Å². The molecule has 1 aliphatic heterocycles. The van der Waals surface area contributed by atoms with Crippen molar-refractivity contribution in [1.82, 2.24) is 14.5 Å². The zero-order valence-electron chi connectivity index (χ0n) is 14.0. The fourth-order valence-corrected chi connectivity index (χ4v) is 4.03. The van der Waals surface area contributed by atoms with E-state index >= 15 is 0 Å². The molecule has 2 aromatic rings. The predicted molar refractivity (Wildman–Crippen MR) is 87.7 cm³/mol. The Balaban J connectivity index is 1.57. The average Bonchev–Trinajstić information content (AvgIpc) is 3.17. The smallest absolute Gasteiger partial charge is 0.248 e. The normalized spacial score (nSPS) is 23.1. The Morgan fingerprint density at radius 1 is 1.36 bits per heavy atom. The molecule has 0 radical (unpaired) electrons. The van der Waals surface area contributed by atoms with E-state index in [-0.39, 0.29) is 24.8 Å². The summed E-state index contributed by atoms with van der Waals surface area (Å²) >= 11 is 0. The molecule has 0 amide bonds. The number of hydrogen-bond donors (Lipinski definition) is 1. The number of alkyl halides is 2. The van der Waals surface area contributed by atoms with Gasteiger partial charge in [-0.25, -0.2) is 18.7 Å². The number of imidazole rings is 1. The van der Waals surface area contributed by atoms with Gasteiger partial charge in [-0.2, -0.15) is 0 Å². The van der Waals surface area contributed by atoms with E-state index in [0.717, 1.165) is 17.0 Å². The van der Waals surface area contributed by atoms with Gasteiger partial charge < -0.3 is 14.4 Å². The number of rotatable bonds is 4. The third kappa shape index (κ3) is 2.90. The molecule has 2 aliphatic rings. The van der Waals surface area contributed by atoms with E-state index in [1.165, 1.54) is 0 Å². The Labute approximate surface area is 144 Å². The van der Waals surface area contributed by atoms with E-state index in [9.17, 15) is 13.9 Å². The summed E-state index contributed by atoms with van der Waals surface area (Å²) in [4.78, 5) is 8.76. The van der Waals surface area contributed by atoms with Gasteiger partial charge in [0.05, 0.1) is 43.2 Å². The summed E-state index contributed by atoms with van der Waals surface area (Å²) in [5, 5.41) is 10.7. The molecule has 1 N–H and O–H groups in total. The monoisotopic (exact) mass is 349 g/mol. The van der Waals surface area contributed by atoms with Gasteiger partial charge in [0.15, 0.2) is 0 Å². The summed E-state index contributed by atoms with van der Waals surface area (Å²) in [7, 11) is 1.57. The number of aliphatic hydroxyl groups is 1. The van der Waals surface area contributed by atoms with Crippen molar-refractivity contribution in [3.05, 3.63) is 30.4 Å². The fourth-order valence-electron chi connectivity index (χ4n) is 4.03. The number of fused-ring (bicyclic) bond motifs is 3. The van der Waals surface area contributed by atoms with Gasteiger partial charge >= 0.3 is 0 Å². The van der Waals surface area contributed by atoms with Crippen LogP contribution in [0.2, 0.25) is 0 Å². The summed E-state index contributed by atoms with van der Waals surface area (Å²) in [5.74, 6) is -2.15. The summed E-state index contributed by atoms with van der Waals surface area (Å²) < 4.78 is 34.0. The lowest BCUT2D eigenvalue weighted by molar-refractivity contribution is -0.0639. The topological polar surface area (TPSA) is 60.2 Å². The molecule has 1 saturated carbocycles. The number of nitrogens with zero attached hydrogens (tertiary/aromatic N) is 3. The van der Waals surface area contributed by atoms with Crippen molar-refractivity contribution in [2.75, 3.05) is 7.11 Å². The van der Waals surface area contributed by atoms with E-state index in [1.54, 1.807) is 25.7 Å². The average molecular weight is 349 g/mol. The van der Waals surface area contributed by atoms with Crippen LogP contribution in [0.15, 0.2) is 24.7 Å². The lowest BCUT2D eigenvalue weighted by Gasteiger charge is -2.32. The van der Waals surface area contributed by atoms with Crippen LogP contribution in [0.1, 0.15) is 43.8 Å². The highest BCUT2D eigenvalue weighted by Gasteiger charge is 2.39. The molecule has 25 heavy (non-hydrogen) atoms. The van der Waals surface area contributed by atoms with Crippen LogP contribution in [0.25, 0.3) is 11.3 Å². The van der Waals surface area contributed by atoms with Crippen molar-refractivity contribution >= 4 is 0 Å². The van der Waals surface area contributed by atoms with E-state index in [2.05, 4.69) is 9.97 Å². The summed E-state index contributed by atoms with van der Waals surface area (Å²) in [6.45, 7) is 0. The van der Waals surface area contributed by atoms with Crippen molar-refractivity contribution in [1.29, 1.82) is 0 Å². The van der Waals surface area contributed by atoms with Crippen LogP contribution in [0.5, 0.6) is 5.88 Å².